The first-order chi connectivity index (χ1) is 20.8. The zero-order chi connectivity index (χ0) is 28.8. The fourth-order valence-corrected chi connectivity index (χ4v) is 5.33. The van der Waals surface area contributed by atoms with Crippen molar-refractivity contribution < 1.29 is 23.7 Å². The number of ether oxygens (including phenoxy) is 5. The second kappa shape index (κ2) is 16.2. The summed E-state index contributed by atoms with van der Waals surface area (Å²) in [7, 11) is 0.728. The Hall–Kier alpha value is -3.54. The molecular weight excluding hydrogens is 540 g/mol. The largest absolute Gasteiger partial charge is 0.374 e. The number of rotatable bonds is 13. The van der Waals surface area contributed by atoms with Crippen molar-refractivity contribution in [2.45, 2.75) is 56.9 Å². The van der Waals surface area contributed by atoms with Crippen LogP contribution in [0.15, 0.2) is 121 Å². The zero-order valence-corrected chi connectivity index (χ0v) is 26.0. The van der Waals surface area contributed by atoms with Gasteiger partial charge in [-0.05, 0) is 22.3 Å². The minimum absolute atomic E-state index is 0.338. The van der Waals surface area contributed by atoms with Crippen LogP contribution in [0.1, 0.15) is 22.3 Å². The molecule has 4 aromatic rings. The SMILES string of the molecule is [SiH3]C#CC1O[C@H](COCc2ccccc2)[C@@H](OCc2ccccc2)[C@H](OCc2ccccc2)[C@H]1OCc1ccccc1. The maximum Gasteiger partial charge on any atom is 0.146 e. The van der Waals surface area contributed by atoms with Crippen LogP contribution in [0.25, 0.3) is 0 Å². The topological polar surface area (TPSA) is 46.2 Å². The predicted molar refractivity (Wildman–Crippen MR) is 168 cm³/mol. The van der Waals surface area contributed by atoms with Crippen LogP contribution in [0, 0.1) is 11.5 Å². The number of hydrogen-bond acceptors (Lipinski definition) is 5. The van der Waals surface area contributed by atoms with Crippen LogP contribution in [0.4, 0.5) is 0 Å². The van der Waals surface area contributed by atoms with Gasteiger partial charge in [-0.25, -0.2) is 0 Å². The van der Waals surface area contributed by atoms with Gasteiger partial charge in [0.05, 0.1) is 43.3 Å². The molecule has 0 aromatic heterocycles. The third-order valence-corrected chi connectivity index (χ3v) is 7.46. The van der Waals surface area contributed by atoms with E-state index >= 15 is 0 Å². The lowest BCUT2D eigenvalue weighted by Gasteiger charge is -2.45. The van der Waals surface area contributed by atoms with E-state index in [-0.39, 0.29) is 0 Å². The molecule has 5 atom stereocenters. The molecule has 1 heterocycles. The molecule has 1 aliphatic rings. The minimum atomic E-state index is -0.478. The fraction of sp³-hybridized carbons (Fsp3) is 0.278. The van der Waals surface area contributed by atoms with Gasteiger partial charge in [-0.3, -0.25) is 0 Å². The summed E-state index contributed by atoms with van der Waals surface area (Å²) in [4.78, 5) is 0. The van der Waals surface area contributed by atoms with Gasteiger partial charge in [0.2, 0.25) is 0 Å². The molecule has 1 saturated heterocycles. The van der Waals surface area contributed by atoms with Gasteiger partial charge in [-0.15, -0.1) is 5.54 Å². The molecule has 0 spiro atoms. The van der Waals surface area contributed by atoms with Crippen molar-refractivity contribution in [3.05, 3.63) is 144 Å². The van der Waals surface area contributed by atoms with Crippen LogP contribution in [0.2, 0.25) is 0 Å². The average molecular weight is 579 g/mol. The van der Waals surface area contributed by atoms with E-state index in [0.29, 0.717) is 33.0 Å². The Bertz CT molecular complexity index is 1380. The third-order valence-electron chi connectivity index (χ3n) is 7.17. The molecule has 5 nitrogen and oxygen atoms in total. The summed E-state index contributed by atoms with van der Waals surface area (Å²) in [5.41, 5.74) is 7.52. The van der Waals surface area contributed by atoms with Crippen LogP contribution in [0.3, 0.4) is 0 Å². The summed E-state index contributed by atoms with van der Waals surface area (Å²) >= 11 is 0. The highest BCUT2D eigenvalue weighted by atomic mass is 28.1. The van der Waals surface area contributed by atoms with Crippen molar-refractivity contribution in [1.82, 2.24) is 0 Å². The van der Waals surface area contributed by atoms with Gasteiger partial charge in [0.25, 0.3) is 0 Å². The Kier molecular flexibility index (Phi) is 11.5. The van der Waals surface area contributed by atoms with E-state index in [1.54, 1.807) is 0 Å². The summed E-state index contributed by atoms with van der Waals surface area (Å²) in [5, 5.41) is 0. The average Bonchev–Trinajstić information content (AvgIpc) is 3.05. The highest BCUT2D eigenvalue weighted by Gasteiger charge is 2.48. The van der Waals surface area contributed by atoms with E-state index < -0.39 is 30.5 Å². The van der Waals surface area contributed by atoms with Gasteiger partial charge in [-0.1, -0.05) is 127 Å². The van der Waals surface area contributed by atoms with Crippen LogP contribution < -0.4 is 0 Å². The number of benzene rings is 4. The van der Waals surface area contributed by atoms with E-state index in [4.69, 9.17) is 23.7 Å². The van der Waals surface area contributed by atoms with Crippen LogP contribution in [-0.4, -0.2) is 47.4 Å². The Morgan fingerprint density at radius 2 is 0.929 bits per heavy atom. The maximum atomic E-state index is 6.70. The molecule has 1 unspecified atom stereocenters. The van der Waals surface area contributed by atoms with Crippen molar-refractivity contribution in [2.24, 2.45) is 0 Å². The lowest BCUT2D eigenvalue weighted by Crippen LogP contribution is -2.60. The van der Waals surface area contributed by atoms with Crippen molar-refractivity contribution in [3.63, 3.8) is 0 Å². The highest BCUT2D eigenvalue weighted by molar-refractivity contribution is 6.22. The van der Waals surface area contributed by atoms with E-state index in [1.165, 1.54) is 0 Å². The molecule has 6 heteroatoms. The van der Waals surface area contributed by atoms with Crippen LogP contribution in [-0.2, 0) is 50.1 Å². The second-order valence-electron chi connectivity index (χ2n) is 10.3. The molecule has 0 radical (unpaired) electrons. The molecule has 0 amide bonds. The number of hydrogen-bond donors (Lipinski definition) is 0. The predicted octanol–water partition coefficient (Wildman–Crippen LogP) is 5.05. The van der Waals surface area contributed by atoms with Gasteiger partial charge < -0.3 is 23.7 Å². The van der Waals surface area contributed by atoms with Crippen molar-refractivity contribution in [3.8, 4) is 11.5 Å². The molecule has 216 valence electrons. The molecule has 1 fully saturated rings. The molecule has 0 bridgehead atoms. The van der Waals surface area contributed by atoms with E-state index in [1.807, 2.05) is 72.8 Å². The summed E-state index contributed by atoms with van der Waals surface area (Å²) in [6, 6.07) is 40.6. The first-order valence-corrected chi connectivity index (χ1v) is 15.5. The highest BCUT2D eigenvalue weighted by Crippen LogP contribution is 2.31. The van der Waals surface area contributed by atoms with Crippen molar-refractivity contribution in [2.75, 3.05) is 6.61 Å². The van der Waals surface area contributed by atoms with E-state index in [9.17, 15) is 0 Å². The summed E-state index contributed by atoms with van der Waals surface area (Å²) in [5.74, 6) is 3.30. The minimum Gasteiger partial charge on any atom is -0.374 e. The quantitative estimate of drug-likeness (QED) is 0.164. The van der Waals surface area contributed by atoms with Gasteiger partial charge in [0, 0.05) is 0 Å². The van der Waals surface area contributed by atoms with Gasteiger partial charge >= 0.3 is 0 Å². The van der Waals surface area contributed by atoms with Gasteiger partial charge in [-0.2, -0.15) is 0 Å². The smallest absolute Gasteiger partial charge is 0.146 e. The monoisotopic (exact) mass is 578 g/mol. The summed E-state index contributed by atoms with van der Waals surface area (Å²) in [6.45, 7) is 2.06. The standard InChI is InChI=1S/C36H38O5Si/c42-22-21-32-34(38-24-29-15-7-2-8-16-29)36(40-26-31-19-11-4-12-20-31)35(39-25-30-17-9-3-10-18-30)33(41-32)27-37-23-28-13-5-1-6-14-28/h1-20,32-36H,23-27H2,42H3/t32?,33-,34+,35-,36-/m1/s1. The Labute approximate surface area is 252 Å². The van der Waals surface area contributed by atoms with Crippen molar-refractivity contribution in [1.29, 1.82) is 0 Å². The Morgan fingerprint density at radius 1 is 0.524 bits per heavy atom. The van der Waals surface area contributed by atoms with Gasteiger partial charge in [0.15, 0.2) is 0 Å². The van der Waals surface area contributed by atoms with E-state index in [0.717, 1.165) is 32.5 Å². The normalized spacial score (nSPS) is 21.9. The molecular formula is C36H38O5Si. The Morgan fingerprint density at radius 3 is 1.38 bits per heavy atom. The fourth-order valence-electron chi connectivity index (χ4n) is 5.05. The van der Waals surface area contributed by atoms with Crippen molar-refractivity contribution >= 4 is 10.2 Å². The lowest BCUT2D eigenvalue weighted by atomic mass is 9.94. The first kappa shape index (κ1) is 29.9. The molecule has 5 rings (SSSR count). The molecule has 4 aromatic carbocycles. The lowest BCUT2D eigenvalue weighted by molar-refractivity contribution is -0.261. The van der Waals surface area contributed by atoms with Crippen LogP contribution >= 0.6 is 0 Å². The second-order valence-corrected chi connectivity index (χ2v) is 10.8. The van der Waals surface area contributed by atoms with Gasteiger partial charge in [0.1, 0.15) is 30.5 Å². The first-order valence-electron chi connectivity index (χ1n) is 14.5. The molecule has 0 N–H and O–H groups in total. The maximum absolute atomic E-state index is 6.70. The van der Waals surface area contributed by atoms with Crippen LogP contribution in [0.5, 0.6) is 0 Å². The third kappa shape index (κ3) is 8.73. The van der Waals surface area contributed by atoms with E-state index in [2.05, 4.69) is 60.0 Å². The molecule has 0 aliphatic carbocycles. The summed E-state index contributed by atoms with van der Waals surface area (Å²) < 4.78 is 32.8. The zero-order valence-electron chi connectivity index (χ0n) is 24.0. The molecule has 1 aliphatic heterocycles. The molecule has 0 saturated carbocycles. The summed E-state index contributed by atoms with van der Waals surface area (Å²) in [6.07, 6.45) is -2.22. The molecule has 42 heavy (non-hydrogen) atoms. The Balaban J connectivity index is 1.41.